The summed E-state index contributed by atoms with van der Waals surface area (Å²) in [5.74, 6) is -0.104. The maximum atomic E-state index is 10.1. The molecule has 4 nitrogen and oxygen atoms in total. The van der Waals surface area contributed by atoms with E-state index in [1.54, 1.807) is 0 Å². The summed E-state index contributed by atoms with van der Waals surface area (Å²) in [5.41, 5.74) is 0. The summed E-state index contributed by atoms with van der Waals surface area (Å²) < 4.78 is 23.3. The first-order valence-electron chi connectivity index (χ1n) is 1.63. The minimum absolute atomic E-state index is 0.104. The van der Waals surface area contributed by atoms with Crippen molar-refractivity contribution in [3.63, 3.8) is 0 Å². The molecular formula is C2H3N2O2S. The van der Waals surface area contributed by atoms with Gasteiger partial charge in [0.25, 0.3) is 10.0 Å². The Kier molecular flexibility index (Phi) is 0.780. The third-order valence-electron chi connectivity index (χ3n) is 0.518. The van der Waals surface area contributed by atoms with Crippen molar-refractivity contribution >= 4 is 16.4 Å². The van der Waals surface area contributed by atoms with E-state index < -0.39 is 10.0 Å². The zero-order chi connectivity index (χ0) is 5.33. The molecule has 0 saturated heterocycles. The molecule has 0 aliphatic carbocycles. The highest BCUT2D eigenvalue weighted by molar-refractivity contribution is 7.90. The summed E-state index contributed by atoms with van der Waals surface area (Å²) >= 11 is 0. The van der Waals surface area contributed by atoms with E-state index in [2.05, 4.69) is 16.1 Å². The first-order chi connectivity index (χ1) is 3.21. The van der Waals surface area contributed by atoms with Crippen LogP contribution < -0.4 is 5.32 Å². The van der Waals surface area contributed by atoms with Crippen LogP contribution in [-0.2, 0) is 10.0 Å². The van der Waals surface area contributed by atoms with Crippen LogP contribution in [0.4, 0.5) is 0 Å². The van der Waals surface area contributed by atoms with E-state index in [0.29, 0.717) is 0 Å². The number of rotatable bonds is 0. The normalized spacial score (nSPS) is 24.6. The van der Waals surface area contributed by atoms with Crippen molar-refractivity contribution < 1.29 is 8.42 Å². The van der Waals surface area contributed by atoms with Gasteiger partial charge in [0, 0.05) is 0 Å². The molecule has 1 aliphatic rings. The van der Waals surface area contributed by atoms with Gasteiger partial charge < -0.3 is 5.32 Å². The molecule has 0 atom stereocenters. The Morgan fingerprint density at radius 3 is 2.57 bits per heavy atom. The zero-order valence-electron chi connectivity index (χ0n) is 3.38. The molecule has 0 amide bonds. The molecule has 0 spiro atoms. The van der Waals surface area contributed by atoms with Crippen molar-refractivity contribution in [3.8, 4) is 0 Å². The van der Waals surface area contributed by atoms with Gasteiger partial charge in [0.1, 0.15) is 5.88 Å². The van der Waals surface area contributed by atoms with E-state index in [1.807, 2.05) is 0 Å². The molecule has 1 rings (SSSR count). The van der Waals surface area contributed by atoms with Crippen molar-refractivity contribution in [1.82, 2.24) is 5.32 Å². The van der Waals surface area contributed by atoms with Crippen molar-refractivity contribution in [2.24, 2.45) is 4.40 Å². The average Bonchev–Trinajstić information content (AvgIpc) is 1.84. The SMILES string of the molecule is O=S1(=O)CN[C]=N1. The minimum atomic E-state index is -3.14. The maximum absolute atomic E-state index is 10.1. The van der Waals surface area contributed by atoms with Crippen LogP contribution in [0.3, 0.4) is 0 Å². The molecule has 0 aromatic rings. The number of sulfonamides is 1. The Morgan fingerprint density at radius 1 is 1.71 bits per heavy atom. The fourth-order valence-electron chi connectivity index (χ4n) is 0.258. The van der Waals surface area contributed by atoms with Crippen molar-refractivity contribution in [2.75, 3.05) is 5.88 Å². The summed E-state index contributed by atoms with van der Waals surface area (Å²) in [6, 6.07) is 0. The molecule has 0 bridgehead atoms. The van der Waals surface area contributed by atoms with Crippen LogP contribution >= 0.6 is 0 Å². The van der Waals surface area contributed by atoms with Crippen LogP contribution in [0, 0.1) is 0 Å². The Hall–Kier alpha value is -0.580. The first kappa shape index (κ1) is 4.58. The molecule has 39 valence electrons. The zero-order valence-corrected chi connectivity index (χ0v) is 4.20. The number of nitrogens with zero attached hydrogens (tertiary/aromatic N) is 1. The Labute approximate surface area is 41.3 Å². The second-order valence-corrected chi connectivity index (χ2v) is 2.74. The molecule has 1 radical (unpaired) electrons. The molecule has 0 aromatic carbocycles. The first-order valence-corrected chi connectivity index (χ1v) is 3.24. The summed E-state index contributed by atoms with van der Waals surface area (Å²) in [6.45, 7) is 0. The van der Waals surface area contributed by atoms with E-state index in [4.69, 9.17) is 0 Å². The van der Waals surface area contributed by atoms with Crippen molar-refractivity contribution in [2.45, 2.75) is 0 Å². The lowest BCUT2D eigenvalue weighted by Crippen LogP contribution is -2.09. The molecular weight excluding hydrogens is 116 g/mol. The van der Waals surface area contributed by atoms with Gasteiger partial charge in [0.05, 0.1) is 0 Å². The largest absolute Gasteiger partial charge is 0.351 e. The van der Waals surface area contributed by atoms with Crippen molar-refractivity contribution in [1.29, 1.82) is 0 Å². The minimum Gasteiger partial charge on any atom is -0.351 e. The molecule has 1 aliphatic heterocycles. The van der Waals surface area contributed by atoms with E-state index in [-0.39, 0.29) is 5.88 Å². The van der Waals surface area contributed by atoms with Gasteiger partial charge in [-0.2, -0.15) is 0 Å². The Balaban J connectivity index is 2.99. The van der Waals surface area contributed by atoms with Gasteiger partial charge in [-0.1, -0.05) is 0 Å². The summed E-state index contributed by atoms with van der Waals surface area (Å²) in [6.07, 6.45) is 2.10. The highest BCUT2D eigenvalue weighted by Gasteiger charge is 2.10. The van der Waals surface area contributed by atoms with E-state index >= 15 is 0 Å². The molecule has 0 unspecified atom stereocenters. The van der Waals surface area contributed by atoms with E-state index in [9.17, 15) is 8.42 Å². The number of hydrogen-bond donors (Lipinski definition) is 1. The number of nitrogens with one attached hydrogen (secondary N) is 1. The second kappa shape index (κ2) is 1.19. The lowest BCUT2D eigenvalue weighted by molar-refractivity contribution is 0.599. The third-order valence-corrected chi connectivity index (χ3v) is 1.40. The van der Waals surface area contributed by atoms with Gasteiger partial charge in [0.2, 0.25) is 0 Å². The quantitative estimate of drug-likeness (QED) is 0.435. The molecule has 1 N–H and O–H groups in total. The lowest BCUT2D eigenvalue weighted by atomic mass is 11.2. The van der Waals surface area contributed by atoms with Crippen LogP contribution in [0.5, 0.6) is 0 Å². The second-order valence-electron chi connectivity index (χ2n) is 1.11. The highest BCUT2D eigenvalue weighted by Crippen LogP contribution is 1.90. The molecule has 7 heavy (non-hydrogen) atoms. The standard InChI is InChI=1S/C2H3N2O2S/c5-7(6)2-3-1-4-7/h2H2,(H,3,4). The molecule has 5 heteroatoms. The molecule has 0 fully saturated rings. The molecule has 1 heterocycles. The Morgan fingerprint density at radius 2 is 2.43 bits per heavy atom. The van der Waals surface area contributed by atoms with Crippen LogP contribution in [-0.4, -0.2) is 20.6 Å². The summed E-state index contributed by atoms with van der Waals surface area (Å²) in [7, 11) is -3.14. The van der Waals surface area contributed by atoms with Crippen molar-refractivity contribution in [3.05, 3.63) is 0 Å². The van der Waals surface area contributed by atoms with Crippen LogP contribution in [0.25, 0.3) is 0 Å². The predicted octanol–water partition coefficient (Wildman–Crippen LogP) is -1.22. The summed E-state index contributed by atoms with van der Waals surface area (Å²) in [4.78, 5) is 0. The molecule has 0 aromatic heterocycles. The van der Waals surface area contributed by atoms with Gasteiger partial charge in [-0.25, -0.2) is 8.42 Å². The molecule has 0 saturated carbocycles. The van der Waals surface area contributed by atoms with E-state index in [1.165, 1.54) is 0 Å². The third kappa shape index (κ3) is 0.894. The van der Waals surface area contributed by atoms with E-state index in [0.717, 1.165) is 0 Å². The summed E-state index contributed by atoms with van der Waals surface area (Å²) in [5, 5.41) is 2.31. The monoisotopic (exact) mass is 119 g/mol. The predicted molar refractivity (Wildman–Crippen MR) is 24.4 cm³/mol. The smallest absolute Gasteiger partial charge is 0.273 e. The van der Waals surface area contributed by atoms with Crippen LogP contribution in [0.1, 0.15) is 0 Å². The van der Waals surface area contributed by atoms with Crippen LogP contribution in [0.15, 0.2) is 4.40 Å². The lowest BCUT2D eigenvalue weighted by Gasteiger charge is -1.79. The fraction of sp³-hybridized carbons (Fsp3) is 0.500. The topological polar surface area (TPSA) is 58.5 Å². The highest BCUT2D eigenvalue weighted by atomic mass is 32.2. The van der Waals surface area contributed by atoms with Gasteiger partial charge in [-0.3, -0.25) is 0 Å². The number of hydrogen-bond acceptors (Lipinski definition) is 3. The van der Waals surface area contributed by atoms with Gasteiger partial charge in [-0.05, 0) is 0 Å². The maximum Gasteiger partial charge on any atom is 0.273 e. The van der Waals surface area contributed by atoms with Gasteiger partial charge >= 0.3 is 0 Å². The Bertz CT molecular complexity index is 180. The fourth-order valence-corrected chi connectivity index (χ4v) is 0.773. The van der Waals surface area contributed by atoms with Gasteiger partial charge in [-0.15, -0.1) is 4.40 Å². The van der Waals surface area contributed by atoms with Gasteiger partial charge in [0.15, 0.2) is 6.34 Å². The average molecular weight is 119 g/mol. The van der Waals surface area contributed by atoms with Crippen LogP contribution in [0.2, 0.25) is 0 Å².